The van der Waals surface area contributed by atoms with E-state index in [1.807, 2.05) is 20.8 Å². The number of ether oxygens (including phenoxy) is 1. The largest absolute Gasteiger partial charge is 0.457 e. The second kappa shape index (κ2) is 7.33. The molecule has 0 aliphatic carbocycles. The molecular formula is C19H27NO5. The summed E-state index contributed by atoms with van der Waals surface area (Å²) in [5.74, 6) is -0.594. The summed E-state index contributed by atoms with van der Waals surface area (Å²) in [6.07, 6.45) is -0.489. The molecule has 0 aromatic heterocycles. The van der Waals surface area contributed by atoms with E-state index in [9.17, 15) is 19.7 Å². The third kappa shape index (κ3) is 5.96. The lowest BCUT2D eigenvalue weighted by molar-refractivity contribution is -0.386. The molecule has 6 heteroatoms. The van der Waals surface area contributed by atoms with E-state index in [0.717, 1.165) is 0 Å². The van der Waals surface area contributed by atoms with Crippen molar-refractivity contribution in [3.05, 3.63) is 39.4 Å². The van der Waals surface area contributed by atoms with Crippen LogP contribution in [0.4, 0.5) is 5.69 Å². The highest BCUT2D eigenvalue weighted by Crippen LogP contribution is 2.31. The SMILES string of the molecule is CC(OC(=O)C(C)(C)C)c1ccc(C(=O)CC(C)(C)C)cc1[N+](=O)[O-]. The van der Waals surface area contributed by atoms with Crippen molar-refractivity contribution in [1.82, 2.24) is 0 Å². The first-order valence-electron chi connectivity index (χ1n) is 8.25. The van der Waals surface area contributed by atoms with Gasteiger partial charge in [0.2, 0.25) is 0 Å². The molecule has 0 fully saturated rings. The lowest BCUT2D eigenvalue weighted by Gasteiger charge is -2.21. The number of hydrogen-bond acceptors (Lipinski definition) is 5. The maximum absolute atomic E-state index is 12.3. The number of carbonyl (C=O) groups excluding carboxylic acids is 2. The fourth-order valence-corrected chi connectivity index (χ4v) is 2.20. The smallest absolute Gasteiger partial charge is 0.311 e. The highest BCUT2D eigenvalue weighted by atomic mass is 16.6. The van der Waals surface area contributed by atoms with Gasteiger partial charge in [0.15, 0.2) is 5.78 Å². The highest BCUT2D eigenvalue weighted by Gasteiger charge is 2.29. The van der Waals surface area contributed by atoms with Crippen LogP contribution in [0.3, 0.4) is 0 Å². The van der Waals surface area contributed by atoms with E-state index in [-0.39, 0.29) is 28.9 Å². The molecule has 1 atom stereocenters. The molecule has 0 aliphatic heterocycles. The van der Waals surface area contributed by atoms with Gasteiger partial charge >= 0.3 is 5.97 Å². The van der Waals surface area contributed by atoms with Gasteiger partial charge in [-0.15, -0.1) is 0 Å². The van der Waals surface area contributed by atoms with E-state index in [0.29, 0.717) is 5.56 Å². The minimum atomic E-state index is -0.779. The summed E-state index contributed by atoms with van der Waals surface area (Å²) in [7, 11) is 0. The van der Waals surface area contributed by atoms with Crippen molar-refractivity contribution in [3.8, 4) is 0 Å². The summed E-state index contributed by atoms with van der Waals surface area (Å²) in [4.78, 5) is 35.2. The van der Waals surface area contributed by atoms with Crippen LogP contribution < -0.4 is 0 Å². The maximum Gasteiger partial charge on any atom is 0.311 e. The fraction of sp³-hybridized carbons (Fsp3) is 0.579. The Bertz CT molecular complexity index is 680. The Kier molecular flexibility index (Phi) is 6.10. The van der Waals surface area contributed by atoms with Crippen LogP contribution in [0.1, 0.15) is 76.9 Å². The number of esters is 1. The Labute approximate surface area is 148 Å². The molecule has 0 saturated carbocycles. The third-order valence-electron chi connectivity index (χ3n) is 3.57. The molecule has 25 heavy (non-hydrogen) atoms. The van der Waals surface area contributed by atoms with E-state index in [1.165, 1.54) is 12.1 Å². The first kappa shape index (κ1) is 20.8. The molecule has 0 amide bonds. The fourth-order valence-electron chi connectivity index (χ4n) is 2.20. The average Bonchev–Trinajstić information content (AvgIpc) is 2.43. The Morgan fingerprint density at radius 3 is 2.16 bits per heavy atom. The van der Waals surface area contributed by atoms with Crippen LogP contribution >= 0.6 is 0 Å². The van der Waals surface area contributed by atoms with Crippen molar-refractivity contribution in [2.75, 3.05) is 0 Å². The minimum absolute atomic E-state index is 0.151. The summed E-state index contributed by atoms with van der Waals surface area (Å²) in [6.45, 7) is 12.5. The lowest BCUT2D eigenvalue weighted by Crippen LogP contribution is -2.24. The number of nitro groups is 1. The second-order valence-electron chi connectivity index (χ2n) is 8.49. The summed E-state index contributed by atoms with van der Waals surface area (Å²) < 4.78 is 5.34. The Hall–Kier alpha value is -2.24. The van der Waals surface area contributed by atoms with Crippen LogP contribution in [-0.2, 0) is 9.53 Å². The van der Waals surface area contributed by atoms with Crippen molar-refractivity contribution < 1.29 is 19.2 Å². The van der Waals surface area contributed by atoms with Gasteiger partial charge in [0, 0.05) is 18.1 Å². The van der Waals surface area contributed by atoms with Gasteiger partial charge in [0.25, 0.3) is 5.69 Å². The van der Waals surface area contributed by atoms with Crippen LogP contribution in [0.2, 0.25) is 0 Å². The van der Waals surface area contributed by atoms with Gasteiger partial charge in [-0.3, -0.25) is 19.7 Å². The molecule has 1 aromatic carbocycles. The number of Topliss-reactive ketones (excluding diaryl/α,β-unsaturated/α-hetero) is 1. The number of benzene rings is 1. The van der Waals surface area contributed by atoms with Gasteiger partial charge in [0.1, 0.15) is 6.10 Å². The van der Waals surface area contributed by atoms with E-state index >= 15 is 0 Å². The summed E-state index contributed by atoms with van der Waals surface area (Å²) in [5.41, 5.74) is -0.560. The van der Waals surface area contributed by atoms with E-state index in [1.54, 1.807) is 33.8 Å². The molecule has 1 rings (SSSR count). The number of nitro benzene ring substituents is 1. The molecule has 0 saturated heterocycles. The highest BCUT2D eigenvalue weighted by molar-refractivity contribution is 5.97. The van der Waals surface area contributed by atoms with E-state index in [4.69, 9.17) is 4.74 Å². The molecule has 0 radical (unpaired) electrons. The zero-order chi connectivity index (χ0) is 19.6. The van der Waals surface area contributed by atoms with Gasteiger partial charge in [-0.05, 0) is 39.2 Å². The lowest BCUT2D eigenvalue weighted by atomic mass is 9.87. The summed E-state index contributed by atoms with van der Waals surface area (Å²) in [5, 5.41) is 11.4. The Morgan fingerprint density at radius 1 is 1.16 bits per heavy atom. The summed E-state index contributed by atoms with van der Waals surface area (Å²) in [6, 6.07) is 4.32. The van der Waals surface area contributed by atoms with E-state index < -0.39 is 22.4 Å². The van der Waals surface area contributed by atoms with Crippen LogP contribution in [0.5, 0.6) is 0 Å². The van der Waals surface area contributed by atoms with Gasteiger partial charge in [-0.1, -0.05) is 26.8 Å². The van der Waals surface area contributed by atoms with Crippen molar-refractivity contribution in [1.29, 1.82) is 0 Å². The third-order valence-corrected chi connectivity index (χ3v) is 3.57. The molecule has 6 nitrogen and oxygen atoms in total. The minimum Gasteiger partial charge on any atom is -0.457 e. The molecule has 138 valence electrons. The number of rotatable bonds is 5. The summed E-state index contributed by atoms with van der Waals surface area (Å²) >= 11 is 0. The van der Waals surface area contributed by atoms with Crippen LogP contribution in [0.25, 0.3) is 0 Å². The number of hydrogen-bond donors (Lipinski definition) is 0. The molecule has 0 heterocycles. The van der Waals surface area contributed by atoms with Crippen LogP contribution in [0.15, 0.2) is 18.2 Å². The van der Waals surface area contributed by atoms with Crippen molar-refractivity contribution in [2.45, 2.75) is 61.0 Å². The predicted molar refractivity (Wildman–Crippen MR) is 95.5 cm³/mol. The first-order chi connectivity index (χ1) is 11.2. The number of ketones is 1. The quantitative estimate of drug-likeness (QED) is 0.328. The molecule has 1 aromatic rings. The average molecular weight is 349 g/mol. The predicted octanol–water partition coefficient (Wildman–Crippen LogP) is 4.86. The monoisotopic (exact) mass is 349 g/mol. The van der Waals surface area contributed by atoms with Crippen molar-refractivity contribution in [2.24, 2.45) is 10.8 Å². The van der Waals surface area contributed by atoms with Crippen LogP contribution in [-0.4, -0.2) is 16.7 Å². The topological polar surface area (TPSA) is 86.5 Å². The van der Waals surface area contributed by atoms with Crippen molar-refractivity contribution >= 4 is 17.4 Å². The number of carbonyl (C=O) groups is 2. The van der Waals surface area contributed by atoms with E-state index in [2.05, 4.69) is 0 Å². The van der Waals surface area contributed by atoms with Gasteiger partial charge < -0.3 is 4.74 Å². The standard InChI is InChI=1S/C19H27NO5/c1-12(25-17(22)19(5,6)7)14-9-8-13(10-15(14)20(23)24)16(21)11-18(2,3)4/h8-10,12H,11H2,1-7H3. The zero-order valence-electron chi connectivity index (χ0n) is 16.0. The van der Waals surface area contributed by atoms with Crippen LogP contribution in [0, 0.1) is 20.9 Å². The first-order valence-corrected chi connectivity index (χ1v) is 8.25. The maximum atomic E-state index is 12.3. The van der Waals surface area contributed by atoms with Gasteiger partial charge in [-0.25, -0.2) is 0 Å². The van der Waals surface area contributed by atoms with Crippen molar-refractivity contribution in [3.63, 3.8) is 0 Å². The normalized spacial score (nSPS) is 13.2. The second-order valence-corrected chi connectivity index (χ2v) is 8.49. The molecular weight excluding hydrogens is 322 g/mol. The molecule has 0 aliphatic rings. The molecule has 0 bridgehead atoms. The number of nitrogens with zero attached hydrogens (tertiary/aromatic N) is 1. The zero-order valence-corrected chi connectivity index (χ0v) is 16.0. The van der Waals surface area contributed by atoms with Gasteiger partial charge in [0.05, 0.1) is 15.9 Å². The van der Waals surface area contributed by atoms with Gasteiger partial charge in [-0.2, -0.15) is 0 Å². The molecule has 1 unspecified atom stereocenters. The Morgan fingerprint density at radius 2 is 1.72 bits per heavy atom. The Balaban J connectivity index is 3.16. The molecule has 0 spiro atoms. The molecule has 0 N–H and O–H groups in total.